The highest BCUT2D eigenvalue weighted by molar-refractivity contribution is 6.31. The minimum atomic E-state index is -0.489. The van der Waals surface area contributed by atoms with Gasteiger partial charge in [-0.25, -0.2) is 4.39 Å². The number of benzene rings is 2. The summed E-state index contributed by atoms with van der Waals surface area (Å²) in [6.07, 6.45) is 2.61. The number of aromatic nitrogens is 3. The van der Waals surface area contributed by atoms with Gasteiger partial charge in [0.2, 0.25) is 11.8 Å². The van der Waals surface area contributed by atoms with Gasteiger partial charge in [0.1, 0.15) is 5.82 Å². The molecule has 3 heterocycles. The summed E-state index contributed by atoms with van der Waals surface area (Å²) >= 11 is 5.96. The van der Waals surface area contributed by atoms with Crippen LogP contribution in [0.3, 0.4) is 0 Å². The Morgan fingerprint density at radius 3 is 3.03 bits per heavy atom. The van der Waals surface area contributed by atoms with Crippen LogP contribution in [-0.4, -0.2) is 27.6 Å². The summed E-state index contributed by atoms with van der Waals surface area (Å²) in [5.74, 6) is -0.0141. The van der Waals surface area contributed by atoms with Crippen molar-refractivity contribution in [1.29, 1.82) is 0 Å². The van der Waals surface area contributed by atoms with Crippen molar-refractivity contribution in [2.75, 3.05) is 11.4 Å². The van der Waals surface area contributed by atoms with Gasteiger partial charge in [-0.15, -0.1) is 0 Å². The number of aromatic amines is 1. The van der Waals surface area contributed by atoms with E-state index in [0.29, 0.717) is 23.2 Å². The number of nitrogens with one attached hydrogen (secondary N) is 1. The van der Waals surface area contributed by atoms with Crippen LogP contribution in [0.2, 0.25) is 5.02 Å². The molecule has 6 nitrogen and oxygen atoms in total. The Balaban J connectivity index is 1.36. The first-order valence-electron chi connectivity index (χ1n) is 9.21. The van der Waals surface area contributed by atoms with Gasteiger partial charge in [0.15, 0.2) is 5.82 Å². The zero-order valence-electron chi connectivity index (χ0n) is 15.2. The zero-order valence-corrected chi connectivity index (χ0v) is 16.0. The molecule has 2 aromatic heterocycles. The molecule has 0 aliphatic carbocycles. The van der Waals surface area contributed by atoms with Crippen LogP contribution in [0.25, 0.3) is 10.9 Å². The summed E-state index contributed by atoms with van der Waals surface area (Å²) in [5.41, 5.74) is 2.27. The smallest absolute Gasteiger partial charge is 0.231 e. The van der Waals surface area contributed by atoms with E-state index in [4.69, 9.17) is 16.1 Å². The van der Waals surface area contributed by atoms with E-state index in [-0.39, 0.29) is 30.5 Å². The number of anilines is 1. The molecule has 1 aliphatic rings. The molecule has 0 bridgehead atoms. The zero-order chi connectivity index (χ0) is 20.0. The van der Waals surface area contributed by atoms with Gasteiger partial charge in [0, 0.05) is 41.0 Å². The molecule has 0 saturated carbocycles. The third-order valence-electron chi connectivity index (χ3n) is 5.19. The number of halogens is 2. The van der Waals surface area contributed by atoms with E-state index in [2.05, 4.69) is 15.1 Å². The lowest BCUT2D eigenvalue weighted by molar-refractivity contribution is -0.117. The van der Waals surface area contributed by atoms with E-state index >= 15 is 0 Å². The van der Waals surface area contributed by atoms with E-state index < -0.39 is 5.82 Å². The summed E-state index contributed by atoms with van der Waals surface area (Å²) in [4.78, 5) is 21.6. The van der Waals surface area contributed by atoms with Gasteiger partial charge in [-0.1, -0.05) is 35.0 Å². The van der Waals surface area contributed by atoms with Crippen molar-refractivity contribution in [3.05, 3.63) is 76.8 Å². The van der Waals surface area contributed by atoms with Gasteiger partial charge in [0.25, 0.3) is 0 Å². The van der Waals surface area contributed by atoms with Crippen LogP contribution in [0.4, 0.5) is 10.1 Å². The molecule has 1 atom stereocenters. The third-order valence-corrected chi connectivity index (χ3v) is 5.42. The molecule has 0 radical (unpaired) electrons. The van der Waals surface area contributed by atoms with Gasteiger partial charge < -0.3 is 14.4 Å². The number of H-pyrrole nitrogens is 1. The molecule has 1 saturated heterocycles. The average Bonchev–Trinajstić information content (AvgIpc) is 3.43. The topological polar surface area (TPSA) is 75.0 Å². The van der Waals surface area contributed by atoms with Crippen molar-refractivity contribution in [1.82, 2.24) is 15.1 Å². The number of carbonyl (C=O) groups excluding carboxylic acids is 1. The van der Waals surface area contributed by atoms with Gasteiger partial charge >= 0.3 is 0 Å². The summed E-state index contributed by atoms with van der Waals surface area (Å²) in [6.45, 7) is 0.280. The summed E-state index contributed by atoms with van der Waals surface area (Å²) in [6, 6.07) is 12.2. The van der Waals surface area contributed by atoms with Crippen molar-refractivity contribution in [2.24, 2.45) is 0 Å². The van der Waals surface area contributed by atoms with Crippen LogP contribution in [0.15, 0.2) is 53.2 Å². The lowest BCUT2D eigenvalue weighted by Crippen LogP contribution is -2.25. The Morgan fingerprint density at radius 2 is 2.14 bits per heavy atom. The number of amides is 1. The van der Waals surface area contributed by atoms with Gasteiger partial charge in [-0.05, 0) is 29.8 Å². The van der Waals surface area contributed by atoms with Crippen LogP contribution in [0.5, 0.6) is 0 Å². The average molecular weight is 411 g/mol. The minimum Gasteiger partial charge on any atom is -0.361 e. The molecular weight excluding hydrogens is 395 g/mol. The Kier molecular flexibility index (Phi) is 4.32. The molecule has 5 rings (SSSR count). The largest absolute Gasteiger partial charge is 0.361 e. The van der Waals surface area contributed by atoms with Crippen LogP contribution in [0.1, 0.15) is 29.6 Å². The maximum atomic E-state index is 14.2. The summed E-state index contributed by atoms with van der Waals surface area (Å²) in [7, 11) is 0. The second-order valence-corrected chi connectivity index (χ2v) is 7.52. The molecule has 0 spiro atoms. The molecule has 1 unspecified atom stereocenters. The van der Waals surface area contributed by atoms with Crippen molar-refractivity contribution in [3.8, 4) is 0 Å². The van der Waals surface area contributed by atoms with E-state index in [0.717, 1.165) is 16.5 Å². The molecule has 4 aromatic rings. The summed E-state index contributed by atoms with van der Waals surface area (Å²) < 4.78 is 19.6. The molecule has 8 heteroatoms. The van der Waals surface area contributed by atoms with Crippen molar-refractivity contribution >= 4 is 34.1 Å². The Hall–Kier alpha value is -3.19. The number of carbonyl (C=O) groups is 1. The maximum absolute atomic E-state index is 14.2. The van der Waals surface area contributed by atoms with Crippen LogP contribution < -0.4 is 4.90 Å². The second-order valence-electron chi connectivity index (χ2n) is 7.08. The molecule has 1 amide bonds. The Morgan fingerprint density at radius 1 is 1.28 bits per heavy atom. The van der Waals surface area contributed by atoms with Gasteiger partial charge in [-0.2, -0.15) is 4.98 Å². The van der Waals surface area contributed by atoms with E-state index in [9.17, 15) is 9.18 Å². The molecule has 1 fully saturated rings. The minimum absolute atomic E-state index is 0.174. The molecular formula is C21H16ClFN4O2. The van der Waals surface area contributed by atoms with Crippen LogP contribution in [0, 0.1) is 5.82 Å². The first kappa shape index (κ1) is 17.9. The molecule has 29 heavy (non-hydrogen) atoms. The highest BCUT2D eigenvalue weighted by Crippen LogP contribution is 2.33. The second kappa shape index (κ2) is 7.00. The Bertz CT molecular complexity index is 1220. The number of hydrogen-bond acceptors (Lipinski definition) is 4. The van der Waals surface area contributed by atoms with Crippen LogP contribution >= 0.6 is 11.6 Å². The number of rotatable bonds is 4. The van der Waals surface area contributed by atoms with E-state index in [1.807, 2.05) is 30.5 Å². The SMILES string of the molecule is O=C1CC(c2noc(Cc3c[nH]c4ccccc34)n2)CN1c1cc(Cl)ccc1F. The van der Waals surface area contributed by atoms with Crippen molar-refractivity contribution < 1.29 is 13.7 Å². The van der Waals surface area contributed by atoms with E-state index in [1.54, 1.807) is 0 Å². The number of fused-ring (bicyclic) bond motifs is 1. The first-order chi connectivity index (χ1) is 14.1. The molecule has 1 aliphatic heterocycles. The number of nitrogens with zero attached hydrogens (tertiary/aromatic N) is 3. The predicted molar refractivity (Wildman–Crippen MR) is 107 cm³/mol. The van der Waals surface area contributed by atoms with Gasteiger partial charge in [0.05, 0.1) is 12.1 Å². The summed E-state index contributed by atoms with van der Waals surface area (Å²) in [5, 5.41) is 5.54. The lowest BCUT2D eigenvalue weighted by atomic mass is 10.1. The molecule has 146 valence electrons. The monoisotopic (exact) mass is 410 g/mol. The molecule has 2 aromatic carbocycles. The standard InChI is InChI=1S/C21H16ClFN4O2/c22-14-5-6-16(23)18(9-14)27-11-13(8-20(27)28)21-25-19(29-26-21)7-12-10-24-17-4-2-1-3-15(12)17/h1-6,9-10,13,24H,7-8,11H2. The van der Waals surface area contributed by atoms with Crippen LogP contribution in [-0.2, 0) is 11.2 Å². The highest BCUT2D eigenvalue weighted by Gasteiger charge is 2.35. The predicted octanol–water partition coefficient (Wildman–Crippen LogP) is 4.45. The van der Waals surface area contributed by atoms with Crippen molar-refractivity contribution in [2.45, 2.75) is 18.8 Å². The molecule has 1 N–H and O–H groups in total. The first-order valence-corrected chi connectivity index (χ1v) is 9.59. The Labute approximate surface area is 170 Å². The fraction of sp³-hybridized carbons (Fsp3) is 0.190. The van der Waals surface area contributed by atoms with E-state index in [1.165, 1.54) is 23.1 Å². The van der Waals surface area contributed by atoms with Crippen molar-refractivity contribution in [3.63, 3.8) is 0 Å². The quantitative estimate of drug-likeness (QED) is 0.539. The fourth-order valence-corrected chi connectivity index (χ4v) is 3.92. The number of hydrogen-bond donors (Lipinski definition) is 1. The lowest BCUT2D eigenvalue weighted by Gasteiger charge is -2.17. The fourth-order valence-electron chi connectivity index (χ4n) is 3.75. The van der Waals surface area contributed by atoms with Gasteiger partial charge in [-0.3, -0.25) is 4.79 Å². The highest BCUT2D eigenvalue weighted by atomic mass is 35.5. The maximum Gasteiger partial charge on any atom is 0.231 e. The number of para-hydroxylation sites is 1. The third kappa shape index (κ3) is 3.27. The normalized spacial score (nSPS) is 16.8.